The van der Waals surface area contributed by atoms with Crippen LogP contribution in [0.4, 0.5) is 0 Å². The molecule has 1 N–H and O–H groups in total. The summed E-state index contributed by atoms with van der Waals surface area (Å²) in [5.41, 5.74) is 0. The summed E-state index contributed by atoms with van der Waals surface area (Å²) in [7, 11) is -3.68. The van der Waals surface area contributed by atoms with Crippen LogP contribution in [0, 0.1) is 0 Å². The SMILES string of the molecule is O=S(=O)(c1ccnc(Cl)c1)N1CCOCC1CO. The van der Waals surface area contributed by atoms with E-state index in [4.69, 9.17) is 16.3 Å². The van der Waals surface area contributed by atoms with Crippen molar-refractivity contribution >= 4 is 21.6 Å². The van der Waals surface area contributed by atoms with Crippen molar-refractivity contribution in [1.82, 2.24) is 9.29 Å². The van der Waals surface area contributed by atoms with E-state index >= 15 is 0 Å². The van der Waals surface area contributed by atoms with Crippen LogP contribution in [0.5, 0.6) is 0 Å². The fourth-order valence-electron chi connectivity index (χ4n) is 1.78. The Bertz CT molecular complexity index is 522. The van der Waals surface area contributed by atoms with Gasteiger partial charge in [0.05, 0.1) is 30.8 Å². The summed E-state index contributed by atoms with van der Waals surface area (Å²) in [6.07, 6.45) is 1.34. The summed E-state index contributed by atoms with van der Waals surface area (Å²) in [5, 5.41) is 9.32. The molecule has 0 bridgehead atoms. The van der Waals surface area contributed by atoms with Crippen LogP contribution in [0.25, 0.3) is 0 Å². The van der Waals surface area contributed by atoms with Gasteiger partial charge in [0, 0.05) is 12.7 Å². The number of aliphatic hydroxyl groups is 1. The number of hydrogen-bond donors (Lipinski definition) is 1. The van der Waals surface area contributed by atoms with Crippen molar-refractivity contribution in [2.75, 3.05) is 26.4 Å². The quantitative estimate of drug-likeness (QED) is 0.800. The van der Waals surface area contributed by atoms with Crippen LogP contribution in [0.3, 0.4) is 0 Å². The average molecular weight is 293 g/mol. The van der Waals surface area contributed by atoms with Gasteiger partial charge < -0.3 is 9.84 Å². The summed E-state index contributed by atoms with van der Waals surface area (Å²) in [6.45, 7) is 0.439. The molecule has 1 fully saturated rings. The second-order valence-corrected chi connectivity index (χ2v) is 6.12. The highest BCUT2D eigenvalue weighted by atomic mass is 35.5. The molecule has 1 saturated heterocycles. The van der Waals surface area contributed by atoms with Gasteiger partial charge in [-0.25, -0.2) is 13.4 Å². The third kappa shape index (κ3) is 2.65. The van der Waals surface area contributed by atoms with Gasteiger partial charge in [0.2, 0.25) is 10.0 Å². The van der Waals surface area contributed by atoms with Crippen LogP contribution in [0.1, 0.15) is 0 Å². The topological polar surface area (TPSA) is 79.7 Å². The molecule has 100 valence electrons. The van der Waals surface area contributed by atoms with E-state index in [2.05, 4.69) is 4.98 Å². The fraction of sp³-hybridized carbons (Fsp3) is 0.500. The van der Waals surface area contributed by atoms with E-state index in [1.807, 2.05) is 0 Å². The van der Waals surface area contributed by atoms with Crippen LogP contribution in [-0.4, -0.2) is 55.2 Å². The molecule has 1 aliphatic rings. The molecule has 18 heavy (non-hydrogen) atoms. The summed E-state index contributed by atoms with van der Waals surface area (Å²) >= 11 is 5.69. The second-order valence-electron chi connectivity index (χ2n) is 3.84. The molecule has 6 nitrogen and oxygen atoms in total. The maximum atomic E-state index is 12.4. The predicted molar refractivity (Wildman–Crippen MR) is 64.8 cm³/mol. The lowest BCUT2D eigenvalue weighted by Gasteiger charge is -2.33. The summed E-state index contributed by atoms with van der Waals surface area (Å²) < 4.78 is 31.2. The zero-order valence-electron chi connectivity index (χ0n) is 9.49. The fourth-order valence-corrected chi connectivity index (χ4v) is 3.62. The van der Waals surface area contributed by atoms with E-state index in [1.54, 1.807) is 0 Å². The summed E-state index contributed by atoms with van der Waals surface area (Å²) in [4.78, 5) is 3.82. The molecule has 0 saturated carbocycles. The molecule has 0 aliphatic carbocycles. The first-order valence-corrected chi connectivity index (χ1v) is 7.19. The van der Waals surface area contributed by atoms with Gasteiger partial charge in [0.25, 0.3) is 0 Å². The number of nitrogens with zero attached hydrogens (tertiary/aromatic N) is 2. The first-order chi connectivity index (χ1) is 8.55. The molecular formula is C10H13ClN2O4S. The zero-order valence-corrected chi connectivity index (χ0v) is 11.1. The number of halogens is 1. The molecule has 0 aromatic carbocycles. The van der Waals surface area contributed by atoms with Gasteiger partial charge in [-0.15, -0.1) is 0 Å². The Labute approximate surface area is 110 Å². The first kappa shape index (κ1) is 13.7. The van der Waals surface area contributed by atoms with Crippen molar-refractivity contribution < 1.29 is 18.3 Å². The Morgan fingerprint density at radius 2 is 2.39 bits per heavy atom. The molecule has 2 rings (SSSR count). The summed E-state index contributed by atoms with van der Waals surface area (Å²) in [6, 6.07) is 2.11. The Morgan fingerprint density at radius 1 is 1.61 bits per heavy atom. The molecule has 1 unspecified atom stereocenters. The summed E-state index contributed by atoms with van der Waals surface area (Å²) in [5.74, 6) is 0. The van der Waals surface area contributed by atoms with E-state index in [1.165, 1.54) is 22.6 Å². The van der Waals surface area contributed by atoms with Crippen molar-refractivity contribution in [3.63, 3.8) is 0 Å². The number of rotatable bonds is 3. The van der Waals surface area contributed by atoms with Crippen molar-refractivity contribution in [1.29, 1.82) is 0 Å². The molecule has 1 atom stereocenters. The number of sulfonamides is 1. The first-order valence-electron chi connectivity index (χ1n) is 5.37. The molecule has 8 heteroatoms. The van der Waals surface area contributed by atoms with Gasteiger partial charge in [0.1, 0.15) is 5.15 Å². The normalized spacial score (nSPS) is 22.0. The standard InChI is InChI=1S/C10H13ClN2O4S/c11-10-5-9(1-2-12-10)18(15,16)13-3-4-17-7-8(13)6-14/h1-2,5,8,14H,3-4,6-7H2. The van der Waals surface area contributed by atoms with E-state index < -0.39 is 16.1 Å². The lowest BCUT2D eigenvalue weighted by atomic mass is 10.3. The van der Waals surface area contributed by atoms with E-state index in [0.717, 1.165) is 0 Å². The molecular weight excluding hydrogens is 280 g/mol. The lowest BCUT2D eigenvalue weighted by molar-refractivity contribution is 0.0109. The highest BCUT2D eigenvalue weighted by Crippen LogP contribution is 2.21. The molecule has 0 amide bonds. The molecule has 0 spiro atoms. The molecule has 2 heterocycles. The van der Waals surface area contributed by atoms with E-state index in [-0.39, 0.29) is 29.8 Å². The van der Waals surface area contributed by atoms with Crippen molar-refractivity contribution in [3.8, 4) is 0 Å². The lowest BCUT2D eigenvalue weighted by Crippen LogP contribution is -2.50. The van der Waals surface area contributed by atoms with Gasteiger partial charge in [-0.1, -0.05) is 11.6 Å². The largest absolute Gasteiger partial charge is 0.395 e. The molecule has 0 radical (unpaired) electrons. The minimum absolute atomic E-state index is 0.0721. The van der Waals surface area contributed by atoms with Gasteiger partial charge in [-0.2, -0.15) is 4.31 Å². The minimum atomic E-state index is -3.68. The Morgan fingerprint density at radius 3 is 3.06 bits per heavy atom. The monoisotopic (exact) mass is 292 g/mol. The molecule has 1 aromatic heterocycles. The van der Waals surface area contributed by atoms with Crippen LogP contribution in [-0.2, 0) is 14.8 Å². The van der Waals surface area contributed by atoms with Crippen LogP contribution < -0.4 is 0 Å². The van der Waals surface area contributed by atoms with Crippen LogP contribution in [0.15, 0.2) is 23.2 Å². The molecule has 1 aromatic rings. The third-order valence-electron chi connectivity index (χ3n) is 2.69. The second kappa shape index (κ2) is 5.50. The Kier molecular flexibility index (Phi) is 4.18. The van der Waals surface area contributed by atoms with Gasteiger partial charge >= 0.3 is 0 Å². The van der Waals surface area contributed by atoms with Crippen molar-refractivity contribution in [2.45, 2.75) is 10.9 Å². The minimum Gasteiger partial charge on any atom is -0.395 e. The zero-order chi connectivity index (χ0) is 13.2. The number of aliphatic hydroxyl groups excluding tert-OH is 1. The van der Waals surface area contributed by atoms with E-state index in [0.29, 0.717) is 6.61 Å². The number of pyridine rings is 1. The smallest absolute Gasteiger partial charge is 0.243 e. The number of hydrogen-bond acceptors (Lipinski definition) is 5. The molecule has 1 aliphatic heterocycles. The van der Waals surface area contributed by atoms with Gasteiger partial charge in [-0.3, -0.25) is 0 Å². The highest BCUT2D eigenvalue weighted by Gasteiger charge is 2.33. The highest BCUT2D eigenvalue weighted by molar-refractivity contribution is 7.89. The Hall–Kier alpha value is -0.730. The average Bonchev–Trinajstić information content (AvgIpc) is 2.38. The predicted octanol–water partition coefficient (Wildman–Crippen LogP) is 0.117. The Balaban J connectivity index is 2.35. The number of ether oxygens (including phenoxy) is 1. The van der Waals surface area contributed by atoms with E-state index in [9.17, 15) is 13.5 Å². The number of morpholine rings is 1. The van der Waals surface area contributed by atoms with Crippen LogP contribution in [0.2, 0.25) is 5.15 Å². The van der Waals surface area contributed by atoms with Gasteiger partial charge in [-0.05, 0) is 12.1 Å². The maximum absolute atomic E-state index is 12.4. The van der Waals surface area contributed by atoms with Crippen molar-refractivity contribution in [2.24, 2.45) is 0 Å². The maximum Gasteiger partial charge on any atom is 0.243 e. The van der Waals surface area contributed by atoms with Crippen LogP contribution >= 0.6 is 11.6 Å². The third-order valence-corrected chi connectivity index (χ3v) is 4.84. The number of aromatic nitrogens is 1. The van der Waals surface area contributed by atoms with Crippen molar-refractivity contribution in [3.05, 3.63) is 23.5 Å². The van der Waals surface area contributed by atoms with Gasteiger partial charge in [0.15, 0.2) is 0 Å².